The zero-order valence-corrected chi connectivity index (χ0v) is 19.3. The van der Waals surface area contributed by atoms with Gasteiger partial charge in [-0.1, -0.05) is 11.6 Å². The first kappa shape index (κ1) is 23.0. The molecule has 0 unspecified atom stereocenters. The highest BCUT2D eigenvalue weighted by molar-refractivity contribution is 6.31. The SMILES string of the molecule is COc1ccc(NC(=O)c2occ3cc(Cl)ccc23)cc1OCCN(C(C)C)C(C)C. The Balaban J connectivity index is 1.72. The van der Waals surface area contributed by atoms with Crippen LogP contribution in [0.4, 0.5) is 5.69 Å². The lowest BCUT2D eigenvalue weighted by Crippen LogP contribution is -2.39. The molecule has 0 spiro atoms. The molecule has 0 aliphatic carbocycles. The molecule has 3 aromatic rings. The highest BCUT2D eigenvalue weighted by Gasteiger charge is 2.17. The summed E-state index contributed by atoms with van der Waals surface area (Å²) in [5.74, 6) is 1.06. The van der Waals surface area contributed by atoms with Gasteiger partial charge in [-0.25, -0.2) is 0 Å². The molecule has 0 bridgehead atoms. The second kappa shape index (κ2) is 10.1. The maximum Gasteiger partial charge on any atom is 0.292 e. The Morgan fingerprint density at radius 1 is 1.10 bits per heavy atom. The predicted octanol–water partition coefficient (Wildman–Crippen LogP) is 5.84. The molecule has 1 aromatic heterocycles. The first-order chi connectivity index (χ1) is 14.8. The fourth-order valence-electron chi connectivity index (χ4n) is 3.63. The number of furan rings is 1. The third kappa shape index (κ3) is 5.51. The molecule has 0 aliphatic heterocycles. The second-order valence-electron chi connectivity index (χ2n) is 7.89. The molecule has 0 fully saturated rings. The van der Waals surface area contributed by atoms with Gasteiger partial charge in [0, 0.05) is 46.2 Å². The second-order valence-corrected chi connectivity index (χ2v) is 8.33. The normalized spacial score (nSPS) is 11.5. The molecular formula is C24H29ClN2O4. The van der Waals surface area contributed by atoms with Gasteiger partial charge in [0.05, 0.1) is 13.4 Å². The smallest absolute Gasteiger partial charge is 0.292 e. The van der Waals surface area contributed by atoms with Crippen LogP contribution in [0.5, 0.6) is 11.5 Å². The fourth-order valence-corrected chi connectivity index (χ4v) is 3.81. The lowest BCUT2D eigenvalue weighted by atomic mass is 10.2. The summed E-state index contributed by atoms with van der Waals surface area (Å²) in [5, 5.41) is 4.93. The number of carbonyl (C=O) groups is 1. The number of nitrogens with zero attached hydrogens (tertiary/aromatic N) is 1. The topological polar surface area (TPSA) is 63.9 Å². The van der Waals surface area contributed by atoms with E-state index in [0.29, 0.717) is 46.3 Å². The predicted molar refractivity (Wildman–Crippen MR) is 125 cm³/mol. The first-order valence-electron chi connectivity index (χ1n) is 10.3. The van der Waals surface area contributed by atoms with Crippen molar-refractivity contribution < 1.29 is 18.7 Å². The average Bonchev–Trinajstić information content (AvgIpc) is 3.14. The molecule has 166 valence electrons. The van der Waals surface area contributed by atoms with Crippen LogP contribution in [0.25, 0.3) is 10.8 Å². The number of rotatable bonds is 9. The molecule has 1 heterocycles. The summed E-state index contributed by atoms with van der Waals surface area (Å²) >= 11 is 6.01. The molecule has 0 saturated heterocycles. The molecular weight excluding hydrogens is 416 g/mol. The average molecular weight is 445 g/mol. The molecule has 0 radical (unpaired) electrons. The zero-order valence-electron chi connectivity index (χ0n) is 18.6. The van der Waals surface area contributed by atoms with E-state index < -0.39 is 0 Å². The Labute approximate surface area is 188 Å². The summed E-state index contributed by atoms with van der Waals surface area (Å²) in [6.07, 6.45) is 1.52. The number of methoxy groups -OCH3 is 1. The third-order valence-corrected chi connectivity index (χ3v) is 5.36. The van der Waals surface area contributed by atoms with Gasteiger partial charge in [0.2, 0.25) is 0 Å². The standard InChI is InChI=1S/C24H29ClN2O4/c1-15(2)27(16(3)4)10-11-30-22-13-19(7-9-21(22)29-5)26-24(28)23-20-8-6-18(25)12-17(20)14-31-23/h6-9,12-16H,10-11H2,1-5H3,(H,26,28). The van der Waals surface area contributed by atoms with E-state index in [1.165, 1.54) is 6.26 Å². The van der Waals surface area contributed by atoms with Gasteiger partial charge in [0.15, 0.2) is 17.3 Å². The van der Waals surface area contributed by atoms with E-state index in [9.17, 15) is 4.79 Å². The van der Waals surface area contributed by atoms with Crippen molar-refractivity contribution in [3.05, 3.63) is 53.4 Å². The van der Waals surface area contributed by atoms with Gasteiger partial charge < -0.3 is 19.2 Å². The number of amides is 1. The summed E-state index contributed by atoms with van der Waals surface area (Å²) in [6.45, 7) is 9.97. The van der Waals surface area contributed by atoms with Crippen LogP contribution in [0.3, 0.4) is 0 Å². The number of anilines is 1. The van der Waals surface area contributed by atoms with Gasteiger partial charge >= 0.3 is 0 Å². The van der Waals surface area contributed by atoms with Crippen molar-refractivity contribution in [3.63, 3.8) is 0 Å². The lowest BCUT2D eigenvalue weighted by molar-refractivity contribution is 0.0998. The molecule has 0 aliphatic rings. The van der Waals surface area contributed by atoms with Crippen molar-refractivity contribution >= 4 is 34.0 Å². The number of hydrogen-bond acceptors (Lipinski definition) is 5. The molecule has 6 nitrogen and oxygen atoms in total. The quantitative estimate of drug-likeness (QED) is 0.448. The Kier molecular flexibility index (Phi) is 7.46. The fraction of sp³-hybridized carbons (Fsp3) is 0.375. The van der Waals surface area contributed by atoms with Crippen molar-refractivity contribution in [2.24, 2.45) is 0 Å². The van der Waals surface area contributed by atoms with E-state index in [1.54, 1.807) is 43.5 Å². The van der Waals surface area contributed by atoms with Gasteiger partial charge in [-0.3, -0.25) is 9.69 Å². The van der Waals surface area contributed by atoms with Crippen molar-refractivity contribution in [2.75, 3.05) is 25.6 Å². The van der Waals surface area contributed by atoms with E-state index >= 15 is 0 Å². The zero-order chi connectivity index (χ0) is 22.5. The maximum atomic E-state index is 12.8. The van der Waals surface area contributed by atoms with Crippen LogP contribution in [0, 0.1) is 0 Å². The van der Waals surface area contributed by atoms with Crippen molar-refractivity contribution in [3.8, 4) is 11.5 Å². The van der Waals surface area contributed by atoms with Gasteiger partial charge in [-0.2, -0.15) is 0 Å². The molecule has 3 rings (SSSR count). The van der Waals surface area contributed by atoms with Crippen molar-refractivity contribution in [1.82, 2.24) is 4.90 Å². The highest BCUT2D eigenvalue weighted by atomic mass is 35.5. The van der Waals surface area contributed by atoms with Crippen molar-refractivity contribution in [2.45, 2.75) is 39.8 Å². The van der Waals surface area contributed by atoms with Gasteiger partial charge in [-0.15, -0.1) is 0 Å². The van der Waals surface area contributed by atoms with E-state index in [2.05, 4.69) is 37.9 Å². The van der Waals surface area contributed by atoms with Crippen LogP contribution < -0.4 is 14.8 Å². The van der Waals surface area contributed by atoms with Crippen LogP contribution in [0.1, 0.15) is 38.2 Å². The number of benzene rings is 2. The van der Waals surface area contributed by atoms with Crippen LogP contribution in [0.15, 0.2) is 47.1 Å². The maximum absolute atomic E-state index is 12.8. The summed E-state index contributed by atoms with van der Waals surface area (Å²) in [5.41, 5.74) is 0.587. The van der Waals surface area contributed by atoms with E-state index in [-0.39, 0.29) is 11.7 Å². The Bertz CT molecular complexity index is 1040. The van der Waals surface area contributed by atoms with E-state index in [1.807, 2.05) is 0 Å². The molecule has 2 aromatic carbocycles. The third-order valence-electron chi connectivity index (χ3n) is 5.12. The minimum Gasteiger partial charge on any atom is -0.493 e. The number of fused-ring (bicyclic) bond motifs is 1. The minimum atomic E-state index is -0.348. The first-order valence-corrected chi connectivity index (χ1v) is 10.7. The number of nitrogens with one attached hydrogen (secondary N) is 1. The van der Waals surface area contributed by atoms with E-state index in [4.69, 9.17) is 25.5 Å². The summed E-state index contributed by atoms with van der Waals surface area (Å²) in [7, 11) is 1.59. The summed E-state index contributed by atoms with van der Waals surface area (Å²) in [6, 6.07) is 11.4. The largest absolute Gasteiger partial charge is 0.493 e. The number of halogens is 1. The molecule has 7 heteroatoms. The summed E-state index contributed by atoms with van der Waals surface area (Å²) in [4.78, 5) is 15.1. The lowest BCUT2D eigenvalue weighted by Gasteiger charge is -2.30. The van der Waals surface area contributed by atoms with Gasteiger partial charge in [-0.05, 0) is 58.0 Å². The van der Waals surface area contributed by atoms with Gasteiger partial charge in [0.1, 0.15) is 6.61 Å². The van der Waals surface area contributed by atoms with Crippen LogP contribution >= 0.6 is 11.6 Å². The number of carbonyl (C=O) groups excluding carboxylic acids is 1. The van der Waals surface area contributed by atoms with E-state index in [0.717, 1.165) is 11.9 Å². The van der Waals surface area contributed by atoms with Crippen LogP contribution in [0.2, 0.25) is 5.02 Å². The van der Waals surface area contributed by atoms with Gasteiger partial charge in [0.25, 0.3) is 5.91 Å². The molecule has 1 amide bonds. The minimum absolute atomic E-state index is 0.231. The Morgan fingerprint density at radius 2 is 1.84 bits per heavy atom. The van der Waals surface area contributed by atoms with Crippen LogP contribution in [-0.4, -0.2) is 43.2 Å². The summed E-state index contributed by atoms with van der Waals surface area (Å²) < 4.78 is 16.9. The Hall–Kier alpha value is -2.70. The monoisotopic (exact) mass is 444 g/mol. The number of ether oxygens (including phenoxy) is 2. The highest BCUT2D eigenvalue weighted by Crippen LogP contribution is 2.31. The Morgan fingerprint density at radius 3 is 2.52 bits per heavy atom. The molecule has 1 N–H and O–H groups in total. The van der Waals surface area contributed by atoms with Crippen molar-refractivity contribution in [1.29, 1.82) is 0 Å². The number of hydrogen-bond donors (Lipinski definition) is 1. The molecule has 0 atom stereocenters. The molecule has 31 heavy (non-hydrogen) atoms. The van der Waals surface area contributed by atoms with Crippen LogP contribution in [-0.2, 0) is 0 Å². The molecule has 0 saturated carbocycles.